The summed E-state index contributed by atoms with van der Waals surface area (Å²) in [6.07, 6.45) is 1.96. The quantitative estimate of drug-likeness (QED) is 0.522. The van der Waals surface area contributed by atoms with Crippen molar-refractivity contribution < 1.29 is 19.1 Å². The first-order chi connectivity index (χ1) is 14.2. The molecule has 8 heteroatoms. The minimum Gasteiger partial charge on any atom is -0.450 e. The van der Waals surface area contributed by atoms with Crippen molar-refractivity contribution in [3.63, 3.8) is 0 Å². The fourth-order valence-corrected chi connectivity index (χ4v) is 4.45. The van der Waals surface area contributed by atoms with E-state index < -0.39 is 13.7 Å². The van der Waals surface area contributed by atoms with Gasteiger partial charge in [0, 0.05) is 52.3 Å². The summed E-state index contributed by atoms with van der Waals surface area (Å²) in [5.74, 6) is 0.495. The molecule has 0 aromatic rings. The van der Waals surface area contributed by atoms with Crippen molar-refractivity contribution >= 4 is 20.3 Å². The molecule has 2 atom stereocenters. The first-order valence-corrected chi connectivity index (χ1v) is 15.6. The predicted molar refractivity (Wildman–Crippen MR) is 127 cm³/mol. The average molecular weight is 456 g/mol. The van der Waals surface area contributed by atoms with E-state index in [-0.39, 0.29) is 24.1 Å². The van der Waals surface area contributed by atoms with E-state index in [0.717, 1.165) is 12.6 Å². The Bertz CT molecular complexity index is 611. The predicted octanol–water partition coefficient (Wildman–Crippen LogP) is 4.41. The Balaban J connectivity index is 2.01. The number of nitrogens with zero attached hydrogens (tertiary/aromatic N) is 2. The number of ether oxygens (including phenoxy) is 2. The average Bonchev–Trinajstić information content (AvgIpc) is 3.34. The van der Waals surface area contributed by atoms with E-state index in [1.807, 2.05) is 44.4 Å². The zero-order valence-electron chi connectivity index (χ0n) is 21.0. The van der Waals surface area contributed by atoms with Crippen molar-refractivity contribution in [3.05, 3.63) is 0 Å². The molecular weight excluding hydrogens is 410 g/mol. The van der Waals surface area contributed by atoms with Crippen LogP contribution in [0.2, 0.25) is 25.7 Å². The van der Waals surface area contributed by atoms with Gasteiger partial charge in [0.15, 0.2) is 0 Å². The molecule has 180 valence electrons. The zero-order valence-corrected chi connectivity index (χ0v) is 22.0. The summed E-state index contributed by atoms with van der Waals surface area (Å²) < 4.78 is 11.2. The highest BCUT2D eigenvalue weighted by molar-refractivity contribution is 6.76. The van der Waals surface area contributed by atoms with Crippen LogP contribution >= 0.6 is 0 Å². The second-order valence-corrected chi connectivity index (χ2v) is 17.4. The molecule has 2 rings (SSSR count). The fraction of sp³-hybridized carbons (Fsp3) is 0.913. The van der Waals surface area contributed by atoms with Crippen molar-refractivity contribution in [2.45, 2.75) is 90.8 Å². The van der Waals surface area contributed by atoms with Crippen molar-refractivity contribution in [3.8, 4) is 0 Å². The molecule has 1 aliphatic carbocycles. The molecule has 0 aromatic heterocycles. The Labute approximate surface area is 190 Å². The van der Waals surface area contributed by atoms with Crippen molar-refractivity contribution in [2.75, 3.05) is 32.8 Å². The van der Waals surface area contributed by atoms with Crippen molar-refractivity contribution in [2.24, 2.45) is 11.8 Å². The topological polar surface area (TPSA) is 71.1 Å². The van der Waals surface area contributed by atoms with Gasteiger partial charge in [-0.15, -0.1) is 0 Å². The summed E-state index contributed by atoms with van der Waals surface area (Å²) in [5, 5.41) is 3.61. The first-order valence-electron chi connectivity index (χ1n) is 11.9. The van der Waals surface area contributed by atoms with Gasteiger partial charge < -0.3 is 24.6 Å². The van der Waals surface area contributed by atoms with Gasteiger partial charge in [-0.05, 0) is 59.4 Å². The molecule has 2 amide bonds. The molecule has 1 N–H and O–H groups in total. The molecule has 2 aliphatic rings. The van der Waals surface area contributed by atoms with Crippen LogP contribution in [0, 0.1) is 11.8 Å². The number of nitrogens with one attached hydrogen (secondary N) is 1. The monoisotopic (exact) mass is 455 g/mol. The molecule has 0 spiro atoms. The van der Waals surface area contributed by atoms with Gasteiger partial charge in [-0.3, -0.25) is 0 Å². The lowest BCUT2D eigenvalue weighted by Crippen LogP contribution is -2.44. The highest BCUT2D eigenvalue weighted by Gasteiger charge is 2.39. The number of likely N-dealkylation sites (tertiary alicyclic amines) is 1. The van der Waals surface area contributed by atoms with Crippen LogP contribution in [0.1, 0.15) is 47.5 Å². The number of hydrogen-bond donors (Lipinski definition) is 1. The molecule has 1 saturated carbocycles. The van der Waals surface area contributed by atoms with E-state index in [1.165, 1.54) is 12.8 Å². The molecule has 0 bridgehead atoms. The van der Waals surface area contributed by atoms with Crippen LogP contribution in [0.5, 0.6) is 0 Å². The minimum atomic E-state index is -1.25. The number of amides is 2. The van der Waals surface area contributed by atoms with E-state index in [2.05, 4.69) is 25.0 Å². The van der Waals surface area contributed by atoms with Crippen molar-refractivity contribution in [1.29, 1.82) is 0 Å². The Hall–Kier alpha value is -1.28. The van der Waals surface area contributed by atoms with Crippen LogP contribution in [-0.4, -0.2) is 80.5 Å². The molecular formula is C23H45N3O4Si. The van der Waals surface area contributed by atoms with E-state index in [0.29, 0.717) is 38.2 Å². The van der Waals surface area contributed by atoms with Crippen LogP contribution in [0.3, 0.4) is 0 Å². The maximum atomic E-state index is 12.8. The van der Waals surface area contributed by atoms with Gasteiger partial charge in [-0.25, -0.2) is 9.59 Å². The van der Waals surface area contributed by atoms with E-state index >= 15 is 0 Å². The van der Waals surface area contributed by atoms with Crippen LogP contribution in [0.25, 0.3) is 0 Å². The summed E-state index contributed by atoms with van der Waals surface area (Å²) in [4.78, 5) is 29.2. The van der Waals surface area contributed by atoms with Gasteiger partial charge in [-0.2, -0.15) is 0 Å². The number of hydrogen-bond acceptors (Lipinski definition) is 5. The van der Waals surface area contributed by atoms with Crippen LogP contribution < -0.4 is 5.32 Å². The van der Waals surface area contributed by atoms with Gasteiger partial charge in [-0.1, -0.05) is 19.6 Å². The minimum absolute atomic E-state index is 0.0481. The molecule has 0 aromatic carbocycles. The van der Waals surface area contributed by atoms with Gasteiger partial charge in [0.05, 0.1) is 6.61 Å². The third kappa shape index (κ3) is 9.39. The van der Waals surface area contributed by atoms with E-state index in [4.69, 9.17) is 9.47 Å². The third-order valence-corrected chi connectivity index (χ3v) is 7.55. The molecule has 0 radical (unpaired) electrons. The van der Waals surface area contributed by atoms with E-state index in [1.54, 1.807) is 0 Å². The smallest absolute Gasteiger partial charge is 0.410 e. The molecule has 1 saturated heterocycles. The van der Waals surface area contributed by atoms with Crippen LogP contribution in [-0.2, 0) is 9.47 Å². The Morgan fingerprint density at radius 1 is 1.13 bits per heavy atom. The maximum Gasteiger partial charge on any atom is 0.410 e. The molecule has 1 aliphatic heterocycles. The summed E-state index contributed by atoms with van der Waals surface area (Å²) in [6.45, 7) is 19.8. The summed E-state index contributed by atoms with van der Waals surface area (Å²) >= 11 is 0. The van der Waals surface area contributed by atoms with Crippen molar-refractivity contribution in [1.82, 2.24) is 15.1 Å². The highest BCUT2D eigenvalue weighted by atomic mass is 28.3. The maximum absolute atomic E-state index is 12.8. The Morgan fingerprint density at radius 2 is 1.74 bits per heavy atom. The number of carbonyl (C=O) groups is 2. The van der Waals surface area contributed by atoms with Gasteiger partial charge in [0.1, 0.15) is 5.60 Å². The first kappa shape index (κ1) is 26.0. The van der Waals surface area contributed by atoms with Gasteiger partial charge in [0.2, 0.25) is 0 Å². The fourth-order valence-electron chi connectivity index (χ4n) is 3.73. The van der Waals surface area contributed by atoms with E-state index in [9.17, 15) is 9.59 Å². The lowest BCUT2D eigenvalue weighted by atomic mass is 9.95. The van der Waals surface area contributed by atoms with Gasteiger partial charge in [0.25, 0.3) is 0 Å². The lowest BCUT2D eigenvalue weighted by molar-refractivity contribution is 0.0281. The summed E-state index contributed by atoms with van der Waals surface area (Å²) in [6, 6.07) is 1.63. The van der Waals surface area contributed by atoms with Crippen LogP contribution in [0.15, 0.2) is 0 Å². The SMILES string of the molecule is CC(C)N(CC1CN(C(=O)OC(C)(C)C)CC1CNC1CC1)C(=O)OCC[Si](C)(C)C. The molecule has 2 fully saturated rings. The molecule has 31 heavy (non-hydrogen) atoms. The standard InChI is InChI=1S/C23H45N3O4Si/c1-17(2)26(22(28)29-11-12-31(6,7)8)16-19-15-25(21(27)30-23(3,4)5)14-18(19)13-24-20-9-10-20/h17-20,24H,9-16H2,1-8H3. The largest absolute Gasteiger partial charge is 0.450 e. The second-order valence-electron chi connectivity index (χ2n) is 11.8. The van der Waals surface area contributed by atoms with Crippen LogP contribution in [0.4, 0.5) is 9.59 Å². The normalized spacial score (nSPS) is 22.0. The third-order valence-electron chi connectivity index (χ3n) is 5.84. The number of rotatable bonds is 9. The summed E-state index contributed by atoms with van der Waals surface area (Å²) in [7, 11) is -1.25. The zero-order chi connectivity index (χ0) is 23.4. The Kier molecular flexibility index (Phi) is 8.84. The molecule has 7 nitrogen and oxygen atoms in total. The number of carbonyl (C=O) groups excluding carboxylic acids is 2. The van der Waals surface area contributed by atoms with Gasteiger partial charge >= 0.3 is 12.2 Å². The molecule has 1 heterocycles. The second kappa shape index (κ2) is 10.6. The molecule has 2 unspecified atom stereocenters. The summed E-state index contributed by atoms with van der Waals surface area (Å²) in [5.41, 5.74) is -0.513. The Morgan fingerprint density at radius 3 is 2.26 bits per heavy atom. The lowest BCUT2D eigenvalue weighted by Gasteiger charge is -2.31. The highest BCUT2D eigenvalue weighted by Crippen LogP contribution is 2.28.